The number of rotatable bonds is 6. The predicted molar refractivity (Wildman–Crippen MR) is 114 cm³/mol. The Morgan fingerprint density at radius 3 is 2.77 bits per heavy atom. The van der Waals surface area contributed by atoms with Crippen LogP contribution in [0.15, 0.2) is 79.3 Å². The summed E-state index contributed by atoms with van der Waals surface area (Å²) in [6, 6.07) is 18.8. The van der Waals surface area contributed by atoms with Crippen LogP contribution in [0.25, 0.3) is 10.9 Å². The lowest BCUT2D eigenvalue weighted by atomic mass is 10.1. The molecule has 2 aromatic carbocycles. The molecule has 1 aliphatic rings. The predicted octanol–water partition coefficient (Wildman–Crippen LogP) is 5.03. The van der Waals surface area contributed by atoms with E-state index in [1.54, 1.807) is 18.5 Å². The number of H-pyrrole nitrogens is 1. The van der Waals surface area contributed by atoms with E-state index in [0.29, 0.717) is 13.1 Å². The van der Waals surface area contributed by atoms with Crippen LogP contribution in [0, 0.1) is 11.7 Å². The van der Waals surface area contributed by atoms with E-state index in [9.17, 15) is 9.18 Å². The number of nitrogens with zero attached hydrogens (tertiary/aromatic N) is 2. The normalized spacial score (nSPS) is 17.8. The van der Waals surface area contributed by atoms with Gasteiger partial charge < -0.3 is 9.88 Å². The maximum absolute atomic E-state index is 13.8. The van der Waals surface area contributed by atoms with Crippen molar-refractivity contribution in [2.45, 2.75) is 25.4 Å². The number of hydrogen-bond donors (Lipinski definition) is 1. The Balaban J connectivity index is 1.42. The van der Waals surface area contributed by atoms with E-state index >= 15 is 0 Å². The summed E-state index contributed by atoms with van der Waals surface area (Å²) in [4.78, 5) is 22.7. The number of carbonyl (C=O) groups excluding carboxylic acids is 1. The third-order valence-corrected chi connectivity index (χ3v) is 5.83. The van der Waals surface area contributed by atoms with Gasteiger partial charge in [0.25, 0.3) is 0 Å². The average Bonchev–Trinajstić information content (AvgIpc) is 3.49. The van der Waals surface area contributed by atoms with E-state index < -0.39 is 0 Å². The molecule has 4 aromatic rings. The van der Waals surface area contributed by atoms with Crippen molar-refractivity contribution in [3.05, 3.63) is 102 Å². The van der Waals surface area contributed by atoms with Gasteiger partial charge >= 0.3 is 0 Å². The molecule has 0 radical (unpaired) electrons. The summed E-state index contributed by atoms with van der Waals surface area (Å²) in [6.07, 6.45) is 6.26. The Morgan fingerprint density at radius 2 is 1.97 bits per heavy atom. The first-order chi connectivity index (χ1) is 14.7. The summed E-state index contributed by atoms with van der Waals surface area (Å²) in [7, 11) is 0. The number of aromatic amines is 1. The van der Waals surface area contributed by atoms with E-state index in [0.717, 1.165) is 28.5 Å². The van der Waals surface area contributed by atoms with Gasteiger partial charge in [0, 0.05) is 48.5 Å². The van der Waals surface area contributed by atoms with Gasteiger partial charge in [0.05, 0.1) is 0 Å². The Hall–Kier alpha value is -3.47. The number of halogens is 1. The van der Waals surface area contributed by atoms with Crippen LogP contribution in [0.1, 0.15) is 29.0 Å². The molecular weight excluding hydrogens is 377 g/mol. The van der Waals surface area contributed by atoms with E-state index in [4.69, 9.17) is 0 Å². The van der Waals surface area contributed by atoms with Crippen molar-refractivity contribution >= 4 is 16.8 Å². The van der Waals surface area contributed by atoms with Crippen LogP contribution < -0.4 is 0 Å². The summed E-state index contributed by atoms with van der Waals surface area (Å²) in [6.45, 7) is 0.905. The molecule has 5 rings (SSSR count). The standard InChI is InChI=1S/C25H22FN3O/c26-20-8-9-24-22(11-20)19(14-28-24)16-29(15-17-5-4-10-27-13-17)25(30)23-12-21(23)18-6-2-1-3-7-18/h1-11,13-14,21,23,28H,12,15-16H2/t21-,23-/m0/s1. The lowest BCUT2D eigenvalue weighted by Crippen LogP contribution is -2.31. The maximum atomic E-state index is 13.8. The topological polar surface area (TPSA) is 49.0 Å². The summed E-state index contributed by atoms with van der Waals surface area (Å²) in [5, 5.41) is 0.814. The van der Waals surface area contributed by atoms with Gasteiger partial charge in [-0.1, -0.05) is 36.4 Å². The summed E-state index contributed by atoms with van der Waals surface area (Å²) < 4.78 is 13.8. The maximum Gasteiger partial charge on any atom is 0.226 e. The van der Waals surface area contributed by atoms with Crippen LogP contribution in [0.4, 0.5) is 4.39 Å². The van der Waals surface area contributed by atoms with Crippen LogP contribution in [-0.2, 0) is 17.9 Å². The Morgan fingerprint density at radius 1 is 1.10 bits per heavy atom. The zero-order chi connectivity index (χ0) is 20.5. The first-order valence-corrected chi connectivity index (χ1v) is 10.2. The molecule has 0 unspecified atom stereocenters. The minimum atomic E-state index is -0.278. The zero-order valence-corrected chi connectivity index (χ0v) is 16.5. The van der Waals surface area contributed by atoms with Gasteiger partial charge in [-0.3, -0.25) is 9.78 Å². The summed E-state index contributed by atoms with van der Waals surface area (Å²) >= 11 is 0. The molecule has 2 atom stereocenters. The minimum absolute atomic E-state index is 0.00832. The Bertz CT molecular complexity index is 1170. The Kier molecular flexibility index (Phi) is 4.79. The number of amides is 1. The van der Waals surface area contributed by atoms with Gasteiger partial charge in [0.15, 0.2) is 0 Å². The molecule has 4 nitrogen and oxygen atoms in total. The van der Waals surface area contributed by atoms with Crippen molar-refractivity contribution in [2.75, 3.05) is 0 Å². The van der Waals surface area contributed by atoms with Crippen LogP contribution in [0.2, 0.25) is 0 Å². The highest BCUT2D eigenvalue weighted by atomic mass is 19.1. The number of nitrogens with one attached hydrogen (secondary N) is 1. The lowest BCUT2D eigenvalue weighted by Gasteiger charge is -2.23. The third-order valence-electron chi connectivity index (χ3n) is 5.83. The smallest absolute Gasteiger partial charge is 0.226 e. The molecule has 2 heterocycles. The van der Waals surface area contributed by atoms with Gasteiger partial charge in [-0.05, 0) is 53.3 Å². The number of aromatic nitrogens is 2. The first-order valence-electron chi connectivity index (χ1n) is 10.2. The van der Waals surface area contributed by atoms with Crippen LogP contribution >= 0.6 is 0 Å². The van der Waals surface area contributed by atoms with Crippen molar-refractivity contribution in [1.29, 1.82) is 0 Å². The van der Waals surface area contributed by atoms with Crippen LogP contribution in [0.3, 0.4) is 0 Å². The molecule has 5 heteroatoms. The van der Waals surface area contributed by atoms with E-state index in [-0.39, 0.29) is 23.6 Å². The highest BCUT2D eigenvalue weighted by Gasteiger charge is 2.45. The number of benzene rings is 2. The molecule has 1 fully saturated rings. The second-order valence-corrected chi connectivity index (χ2v) is 7.92. The SMILES string of the molecule is O=C([C@H]1C[C@H]1c1ccccc1)N(Cc1cccnc1)Cc1c[nH]c2ccc(F)cc12. The fourth-order valence-corrected chi connectivity index (χ4v) is 4.18. The second kappa shape index (κ2) is 7.75. The molecule has 0 spiro atoms. The number of fused-ring (bicyclic) bond motifs is 1. The lowest BCUT2D eigenvalue weighted by molar-refractivity contribution is -0.134. The van der Waals surface area contributed by atoms with E-state index in [1.165, 1.54) is 17.7 Å². The quantitative estimate of drug-likeness (QED) is 0.494. The molecule has 2 aromatic heterocycles. The zero-order valence-electron chi connectivity index (χ0n) is 16.5. The van der Waals surface area contributed by atoms with Gasteiger partial charge in [0.1, 0.15) is 5.82 Å². The fourth-order valence-electron chi connectivity index (χ4n) is 4.18. The monoisotopic (exact) mass is 399 g/mol. The first kappa shape index (κ1) is 18.6. The molecule has 1 saturated carbocycles. The average molecular weight is 399 g/mol. The fraction of sp³-hybridized carbons (Fsp3) is 0.200. The largest absolute Gasteiger partial charge is 0.361 e. The number of hydrogen-bond acceptors (Lipinski definition) is 2. The van der Waals surface area contributed by atoms with Crippen molar-refractivity contribution < 1.29 is 9.18 Å². The van der Waals surface area contributed by atoms with Crippen LogP contribution in [0.5, 0.6) is 0 Å². The molecule has 1 N–H and O–H groups in total. The van der Waals surface area contributed by atoms with Crippen LogP contribution in [-0.4, -0.2) is 20.8 Å². The van der Waals surface area contributed by atoms with Gasteiger partial charge in [-0.15, -0.1) is 0 Å². The summed E-state index contributed by atoms with van der Waals surface area (Å²) in [5.74, 6) is 0.125. The highest BCUT2D eigenvalue weighted by molar-refractivity contribution is 5.86. The molecule has 150 valence electrons. The van der Waals surface area contributed by atoms with Crippen molar-refractivity contribution in [2.24, 2.45) is 5.92 Å². The van der Waals surface area contributed by atoms with Gasteiger partial charge in [-0.2, -0.15) is 0 Å². The summed E-state index contributed by atoms with van der Waals surface area (Å²) in [5.41, 5.74) is 3.98. The molecule has 1 amide bonds. The van der Waals surface area contributed by atoms with Crippen molar-refractivity contribution in [3.63, 3.8) is 0 Å². The van der Waals surface area contributed by atoms with Crippen molar-refractivity contribution in [3.8, 4) is 0 Å². The van der Waals surface area contributed by atoms with E-state index in [2.05, 4.69) is 22.1 Å². The highest BCUT2D eigenvalue weighted by Crippen LogP contribution is 2.48. The molecule has 0 saturated heterocycles. The molecular formula is C25H22FN3O. The number of pyridine rings is 1. The number of carbonyl (C=O) groups is 1. The molecule has 30 heavy (non-hydrogen) atoms. The second-order valence-electron chi connectivity index (χ2n) is 7.92. The molecule has 0 bridgehead atoms. The third kappa shape index (κ3) is 3.71. The Labute approximate surface area is 174 Å². The van der Waals surface area contributed by atoms with E-state index in [1.807, 2.05) is 41.4 Å². The minimum Gasteiger partial charge on any atom is -0.361 e. The molecule has 0 aliphatic heterocycles. The van der Waals surface area contributed by atoms with Gasteiger partial charge in [0.2, 0.25) is 5.91 Å². The van der Waals surface area contributed by atoms with Crippen molar-refractivity contribution in [1.82, 2.24) is 14.9 Å². The molecule has 1 aliphatic carbocycles. The van der Waals surface area contributed by atoms with Gasteiger partial charge in [-0.25, -0.2) is 4.39 Å².